The minimum atomic E-state index is -2.37. The van der Waals surface area contributed by atoms with Crippen molar-refractivity contribution in [2.75, 3.05) is 0 Å². The zero-order valence-electron chi connectivity index (χ0n) is 41.2. The fraction of sp³-hybridized carbons (Fsp3) is 0.183. The summed E-state index contributed by atoms with van der Waals surface area (Å²) >= 11 is 0. The third-order valence-corrected chi connectivity index (χ3v) is 12.3. The number of nitrogens with zero attached hydrogens (tertiary/aromatic N) is 4. The zero-order chi connectivity index (χ0) is 47.5. The largest absolute Gasteiger partial charge is 0.501 e. The average Bonchev–Trinajstić information content (AvgIpc) is 3.91. The van der Waals surface area contributed by atoms with Gasteiger partial charge in [0, 0.05) is 52.6 Å². The van der Waals surface area contributed by atoms with E-state index in [1.54, 1.807) is 12.1 Å². The maximum Gasteiger partial charge on any atom is 0.121 e. The van der Waals surface area contributed by atoms with Gasteiger partial charge in [0.1, 0.15) is 5.58 Å². The maximum atomic E-state index is 8.65. The molecular formula is C60H52IrN4O-2. The predicted molar refractivity (Wildman–Crippen MR) is 271 cm³/mol. The Balaban J connectivity index is 0.000000296. The number of rotatable bonds is 6. The van der Waals surface area contributed by atoms with Crippen molar-refractivity contribution in [1.29, 1.82) is 0 Å². The van der Waals surface area contributed by atoms with Crippen molar-refractivity contribution in [3.8, 4) is 39.6 Å². The molecule has 0 N–H and O–H groups in total. The van der Waals surface area contributed by atoms with E-state index in [-0.39, 0.29) is 42.9 Å². The van der Waals surface area contributed by atoms with Crippen molar-refractivity contribution in [3.05, 3.63) is 192 Å². The van der Waals surface area contributed by atoms with Crippen LogP contribution in [0.25, 0.3) is 94.1 Å². The van der Waals surface area contributed by atoms with Crippen LogP contribution in [0.5, 0.6) is 0 Å². The first-order chi connectivity index (χ1) is 32.7. The van der Waals surface area contributed by atoms with Crippen LogP contribution in [0, 0.1) is 19.0 Å². The normalized spacial score (nSPS) is 12.7. The van der Waals surface area contributed by atoms with E-state index >= 15 is 0 Å². The van der Waals surface area contributed by atoms with Crippen LogP contribution in [0.2, 0.25) is 0 Å². The van der Waals surface area contributed by atoms with Crippen LogP contribution in [-0.4, -0.2) is 19.5 Å². The Kier molecular flexibility index (Phi) is 11.1. The summed E-state index contributed by atoms with van der Waals surface area (Å²) < 4.78 is 34.9. The van der Waals surface area contributed by atoms with E-state index in [2.05, 4.69) is 160 Å². The Bertz CT molecular complexity index is 3630. The summed E-state index contributed by atoms with van der Waals surface area (Å²) in [6.45, 7) is 12.9. The zero-order valence-corrected chi connectivity index (χ0v) is 40.6. The Morgan fingerprint density at radius 3 is 2.11 bits per heavy atom. The summed E-state index contributed by atoms with van der Waals surface area (Å²) in [4.78, 5) is 14.1. The second kappa shape index (κ2) is 17.9. The molecule has 0 aliphatic heterocycles. The van der Waals surface area contributed by atoms with Crippen LogP contribution in [0.3, 0.4) is 0 Å². The molecule has 0 fully saturated rings. The van der Waals surface area contributed by atoms with Gasteiger partial charge in [-0.25, -0.2) is 0 Å². The van der Waals surface area contributed by atoms with Crippen LogP contribution in [0.4, 0.5) is 0 Å². The first-order valence-corrected chi connectivity index (χ1v) is 22.4. The molecule has 0 atom stereocenters. The SMILES string of the molecule is CC(C)(C)c1ccnc(-c2[c-]cccc2)n1.[2H]C([2H])([2H])c1cccc2nc(-c3[c-]ccc4c3oc3cc5c(ccc6ccccc65)cc34)n(-c3c(C(C)C)cc(-c4ccccc4)cc3C(C)C)c12.[Ir]. The molecule has 0 spiro atoms. The fourth-order valence-corrected chi connectivity index (χ4v) is 8.97. The molecule has 0 saturated heterocycles. The summed E-state index contributed by atoms with van der Waals surface area (Å²) in [5, 5.41) is 6.59. The van der Waals surface area contributed by atoms with Crippen LogP contribution in [0.1, 0.15) is 86.8 Å². The van der Waals surface area contributed by atoms with Gasteiger partial charge in [0.05, 0.1) is 28.3 Å². The molecule has 0 aliphatic carbocycles. The van der Waals surface area contributed by atoms with Crippen molar-refractivity contribution < 1.29 is 28.6 Å². The minimum absolute atomic E-state index is 0. The number of aryl methyl sites for hydroxylation is 1. The van der Waals surface area contributed by atoms with Gasteiger partial charge in [-0.3, -0.25) is 15.0 Å². The van der Waals surface area contributed by atoms with Gasteiger partial charge in [-0.2, -0.15) is 0 Å². The number of fused-ring (bicyclic) bond motifs is 7. The van der Waals surface area contributed by atoms with Gasteiger partial charge in [-0.1, -0.05) is 138 Å². The molecule has 6 heteroatoms. The van der Waals surface area contributed by atoms with E-state index in [0.717, 1.165) is 72.2 Å². The van der Waals surface area contributed by atoms with Crippen LogP contribution in [0.15, 0.2) is 162 Å². The monoisotopic (exact) mass is 1040 g/mol. The van der Waals surface area contributed by atoms with Crippen molar-refractivity contribution in [2.24, 2.45) is 0 Å². The van der Waals surface area contributed by atoms with Crippen LogP contribution >= 0.6 is 0 Å². The Labute approximate surface area is 405 Å². The molecule has 3 aromatic heterocycles. The van der Waals surface area contributed by atoms with Crippen LogP contribution < -0.4 is 0 Å². The summed E-state index contributed by atoms with van der Waals surface area (Å²) in [6, 6.07) is 57.8. The standard InChI is InChI=1S/C46H37N2O.C14H15N2.Ir/c1-27(2)37-24-33(30-14-7-6-8-15-30)25-38(28(3)4)44(37)48-43-29(5)13-11-20-41(43)47-46(48)36-19-12-18-35-40-23-32-22-21-31-16-9-10-17-34(31)39(32)26-42(40)49-45(35)36;1-14(2,3)12-9-10-15-13(16-12)11-7-5-4-6-8-11;/h6-18,20-28H,1-5H3;4-7,9-10H,1-3H3;/q2*-1;/i5D3;;. The van der Waals surface area contributed by atoms with Gasteiger partial charge in [-0.05, 0) is 104 Å². The van der Waals surface area contributed by atoms with Crippen molar-refractivity contribution in [2.45, 2.75) is 72.6 Å². The van der Waals surface area contributed by atoms with E-state index < -0.39 is 6.85 Å². The third kappa shape index (κ3) is 8.14. The molecule has 1 radical (unpaired) electrons. The van der Waals surface area contributed by atoms with Gasteiger partial charge in [0.15, 0.2) is 0 Å². The second-order valence-electron chi connectivity index (χ2n) is 18.5. The smallest absolute Gasteiger partial charge is 0.121 e. The van der Waals surface area contributed by atoms with Gasteiger partial charge < -0.3 is 8.98 Å². The number of aromatic nitrogens is 4. The summed E-state index contributed by atoms with van der Waals surface area (Å²) in [5.74, 6) is 1.58. The second-order valence-corrected chi connectivity index (χ2v) is 18.5. The van der Waals surface area contributed by atoms with E-state index in [9.17, 15) is 0 Å². The number of para-hydroxylation sites is 1. The minimum Gasteiger partial charge on any atom is -0.501 e. The van der Waals surface area contributed by atoms with E-state index in [1.165, 1.54) is 10.8 Å². The van der Waals surface area contributed by atoms with Crippen molar-refractivity contribution in [1.82, 2.24) is 19.5 Å². The number of hydrogen-bond donors (Lipinski definition) is 0. The summed E-state index contributed by atoms with van der Waals surface area (Å²) in [5.41, 5.74) is 11.1. The van der Waals surface area contributed by atoms with Gasteiger partial charge in [-0.15, -0.1) is 54.1 Å². The number of furan rings is 1. The molecule has 0 bridgehead atoms. The Morgan fingerprint density at radius 1 is 0.636 bits per heavy atom. The van der Waals surface area contributed by atoms with Crippen molar-refractivity contribution in [3.63, 3.8) is 0 Å². The van der Waals surface area contributed by atoms with Crippen molar-refractivity contribution >= 4 is 54.5 Å². The van der Waals surface area contributed by atoms with Crippen LogP contribution in [-0.2, 0) is 25.5 Å². The fourth-order valence-electron chi connectivity index (χ4n) is 8.97. The topological polar surface area (TPSA) is 56.7 Å². The quantitative estimate of drug-likeness (QED) is 0.123. The number of hydrogen-bond acceptors (Lipinski definition) is 4. The molecule has 66 heavy (non-hydrogen) atoms. The van der Waals surface area contributed by atoms with E-state index in [1.807, 2.05) is 60.8 Å². The molecule has 0 amide bonds. The predicted octanol–water partition coefficient (Wildman–Crippen LogP) is 16.2. The first-order valence-electron chi connectivity index (χ1n) is 23.9. The number of benzene rings is 8. The van der Waals surface area contributed by atoms with E-state index in [0.29, 0.717) is 28.0 Å². The molecule has 11 aromatic rings. The number of imidazole rings is 1. The first kappa shape index (κ1) is 40.8. The molecule has 0 unspecified atom stereocenters. The van der Waals surface area contributed by atoms with Gasteiger partial charge >= 0.3 is 0 Å². The van der Waals surface area contributed by atoms with E-state index in [4.69, 9.17) is 13.5 Å². The third-order valence-electron chi connectivity index (χ3n) is 12.3. The molecule has 0 saturated carbocycles. The average molecular weight is 1040 g/mol. The van der Waals surface area contributed by atoms with Gasteiger partial charge in [0.25, 0.3) is 0 Å². The molecule has 0 aliphatic rings. The Morgan fingerprint density at radius 2 is 1.38 bits per heavy atom. The molecular weight excluding hydrogens is 985 g/mol. The molecule has 11 rings (SSSR count). The summed E-state index contributed by atoms with van der Waals surface area (Å²) in [7, 11) is 0. The Hall–Kier alpha value is -6.72. The summed E-state index contributed by atoms with van der Waals surface area (Å²) in [6.07, 6.45) is 1.81. The van der Waals surface area contributed by atoms with Gasteiger partial charge in [0.2, 0.25) is 0 Å². The molecule has 329 valence electrons. The molecule has 8 aromatic carbocycles. The maximum absolute atomic E-state index is 8.65. The molecule has 5 nitrogen and oxygen atoms in total. The molecule has 3 heterocycles.